The second kappa shape index (κ2) is 9.18. The highest BCUT2D eigenvalue weighted by Crippen LogP contribution is 2.37. The monoisotopic (exact) mass is 351 g/mol. The molecule has 0 spiro atoms. The molecule has 0 aliphatic heterocycles. The molecule has 1 amide bonds. The predicted molar refractivity (Wildman–Crippen MR) is 107 cm³/mol. The van der Waals surface area contributed by atoms with Crippen LogP contribution >= 0.6 is 0 Å². The number of hydrogen-bond donors (Lipinski definition) is 1. The third kappa shape index (κ3) is 5.45. The van der Waals surface area contributed by atoms with E-state index in [4.69, 9.17) is 5.73 Å². The Kier molecular flexibility index (Phi) is 6.96. The van der Waals surface area contributed by atoms with E-state index in [0.717, 1.165) is 17.6 Å². The van der Waals surface area contributed by atoms with Crippen molar-refractivity contribution in [3.63, 3.8) is 0 Å². The van der Waals surface area contributed by atoms with Crippen LogP contribution in [-0.2, 0) is 4.79 Å². The van der Waals surface area contributed by atoms with Crippen molar-refractivity contribution in [1.82, 2.24) is 9.55 Å². The van der Waals surface area contributed by atoms with Gasteiger partial charge in [0.15, 0.2) is 0 Å². The minimum absolute atomic E-state index is 0.402. The highest BCUT2D eigenvalue weighted by molar-refractivity contribution is 5.86. The maximum atomic E-state index is 10.8. The number of carbonyl (C=O) groups excluding carboxylic acids is 1. The van der Waals surface area contributed by atoms with Crippen molar-refractivity contribution in [3.8, 4) is 0 Å². The molecule has 2 N–H and O–H groups in total. The van der Waals surface area contributed by atoms with E-state index in [-0.39, 0.29) is 0 Å². The van der Waals surface area contributed by atoms with Gasteiger partial charge in [0.1, 0.15) is 0 Å². The zero-order valence-corrected chi connectivity index (χ0v) is 16.1. The average Bonchev–Trinajstić information content (AvgIpc) is 3.08. The summed E-state index contributed by atoms with van der Waals surface area (Å²) >= 11 is 0. The van der Waals surface area contributed by atoms with E-state index in [2.05, 4.69) is 42.5 Å². The summed E-state index contributed by atoms with van der Waals surface area (Å²) in [6, 6.07) is 0.402. The van der Waals surface area contributed by atoms with Gasteiger partial charge in [0.25, 0.3) is 0 Å². The Balaban J connectivity index is 2.13. The molecular formula is C22H29N3O. The summed E-state index contributed by atoms with van der Waals surface area (Å²) in [4.78, 5) is 15.0. The van der Waals surface area contributed by atoms with E-state index >= 15 is 0 Å². The van der Waals surface area contributed by atoms with Crippen LogP contribution in [-0.4, -0.2) is 15.5 Å². The predicted octanol–water partition coefficient (Wildman–Crippen LogP) is 4.66. The molecule has 26 heavy (non-hydrogen) atoms. The summed E-state index contributed by atoms with van der Waals surface area (Å²) in [5, 5.41) is 0. The van der Waals surface area contributed by atoms with E-state index in [1.807, 2.05) is 43.9 Å². The van der Waals surface area contributed by atoms with Gasteiger partial charge in [0.05, 0.1) is 12.4 Å². The molecule has 1 aromatic rings. The van der Waals surface area contributed by atoms with Crippen LogP contribution in [0.2, 0.25) is 0 Å². The molecule has 1 aliphatic carbocycles. The molecule has 0 aromatic carbocycles. The highest BCUT2D eigenvalue weighted by Gasteiger charge is 2.24. The summed E-state index contributed by atoms with van der Waals surface area (Å²) < 4.78 is 2.20. The number of aromatic nitrogens is 2. The summed E-state index contributed by atoms with van der Waals surface area (Å²) in [6.45, 7) is 8.46. The van der Waals surface area contributed by atoms with Gasteiger partial charge in [0, 0.05) is 18.5 Å². The van der Waals surface area contributed by atoms with Gasteiger partial charge >= 0.3 is 0 Å². The van der Waals surface area contributed by atoms with E-state index in [1.165, 1.54) is 23.6 Å². The lowest BCUT2D eigenvalue weighted by Gasteiger charge is -2.30. The Hall–Kier alpha value is -2.62. The Morgan fingerprint density at radius 1 is 1.27 bits per heavy atom. The number of rotatable bonds is 6. The molecule has 138 valence electrons. The summed E-state index contributed by atoms with van der Waals surface area (Å²) in [7, 11) is 0. The largest absolute Gasteiger partial charge is 0.366 e. The van der Waals surface area contributed by atoms with Crippen molar-refractivity contribution in [3.05, 3.63) is 77.5 Å². The number of allylic oxidation sites excluding steroid dienone is 9. The lowest BCUT2D eigenvalue weighted by Crippen LogP contribution is -2.18. The fourth-order valence-corrected chi connectivity index (χ4v) is 3.38. The third-order valence-corrected chi connectivity index (χ3v) is 4.86. The van der Waals surface area contributed by atoms with Crippen molar-refractivity contribution in [2.45, 2.75) is 46.6 Å². The minimum Gasteiger partial charge on any atom is -0.366 e. The van der Waals surface area contributed by atoms with Crippen LogP contribution < -0.4 is 5.73 Å². The molecule has 1 heterocycles. The first-order chi connectivity index (χ1) is 12.4. The van der Waals surface area contributed by atoms with Gasteiger partial charge in [-0.1, -0.05) is 42.9 Å². The number of nitrogens with two attached hydrogens (primary N) is 1. The second-order valence-corrected chi connectivity index (χ2v) is 7.04. The zero-order valence-electron chi connectivity index (χ0n) is 16.1. The standard InChI is InChI=1S/C22H29N3O/c1-16(6-5-7-17(2)14-22(23)26)8-10-20-18(3)9-11-21(19(20)4)25-13-12-24-15-25/h5-8,10,12-15,18,21H,9,11H2,1-4H3,(H2,23,26)/b7-5+,10-8+,16-6+,17-14-/t18-,21?/m1/s1. The highest BCUT2D eigenvalue weighted by atomic mass is 16.1. The van der Waals surface area contributed by atoms with E-state index in [0.29, 0.717) is 12.0 Å². The second-order valence-electron chi connectivity index (χ2n) is 7.04. The van der Waals surface area contributed by atoms with E-state index in [9.17, 15) is 4.79 Å². The summed E-state index contributed by atoms with van der Waals surface area (Å²) in [5.41, 5.74) is 9.97. The maximum Gasteiger partial charge on any atom is 0.241 e. The topological polar surface area (TPSA) is 60.9 Å². The average molecular weight is 351 g/mol. The smallest absolute Gasteiger partial charge is 0.241 e. The van der Waals surface area contributed by atoms with Crippen LogP contribution in [0.1, 0.15) is 46.6 Å². The molecule has 0 bridgehead atoms. The molecule has 4 nitrogen and oxygen atoms in total. The van der Waals surface area contributed by atoms with Crippen molar-refractivity contribution in [2.75, 3.05) is 0 Å². The quantitative estimate of drug-likeness (QED) is 0.598. The van der Waals surface area contributed by atoms with Crippen molar-refractivity contribution < 1.29 is 4.79 Å². The number of carbonyl (C=O) groups is 1. The molecule has 1 aromatic heterocycles. The fraction of sp³-hybridized carbons (Fsp3) is 0.364. The minimum atomic E-state index is -0.422. The Bertz CT molecular complexity index is 776. The summed E-state index contributed by atoms with van der Waals surface area (Å²) in [6.07, 6.45) is 19.8. The van der Waals surface area contributed by atoms with Gasteiger partial charge in [-0.25, -0.2) is 4.98 Å². The molecule has 4 heteroatoms. The van der Waals surface area contributed by atoms with Gasteiger partial charge in [-0.15, -0.1) is 0 Å². The van der Waals surface area contributed by atoms with Gasteiger partial charge in [0.2, 0.25) is 5.91 Å². The number of amides is 1. The van der Waals surface area contributed by atoms with E-state index < -0.39 is 5.91 Å². The van der Waals surface area contributed by atoms with Crippen LogP contribution in [0.5, 0.6) is 0 Å². The molecule has 0 saturated carbocycles. The lowest BCUT2D eigenvalue weighted by atomic mass is 9.81. The van der Waals surface area contributed by atoms with Crippen LogP contribution in [0.15, 0.2) is 77.5 Å². The third-order valence-electron chi connectivity index (χ3n) is 4.86. The first kappa shape index (κ1) is 19.7. The molecule has 2 rings (SSSR count). The van der Waals surface area contributed by atoms with Gasteiger partial charge in [-0.3, -0.25) is 4.79 Å². The first-order valence-electron chi connectivity index (χ1n) is 9.07. The molecule has 2 atom stereocenters. The molecule has 0 radical (unpaired) electrons. The van der Waals surface area contributed by atoms with E-state index in [1.54, 1.807) is 0 Å². The van der Waals surface area contributed by atoms with Crippen LogP contribution in [0, 0.1) is 5.92 Å². The number of imidazole rings is 1. The normalized spacial score (nSPS) is 22.6. The molecule has 0 fully saturated rings. The van der Waals surface area contributed by atoms with Crippen molar-refractivity contribution in [1.29, 1.82) is 0 Å². The lowest BCUT2D eigenvalue weighted by molar-refractivity contribution is -0.113. The summed E-state index contributed by atoms with van der Waals surface area (Å²) in [5.74, 6) is 0.143. The van der Waals surface area contributed by atoms with Crippen LogP contribution in [0.4, 0.5) is 0 Å². The molecule has 0 saturated heterocycles. The first-order valence-corrected chi connectivity index (χ1v) is 9.07. The van der Waals surface area contributed by atoms with Gasteiger partial charge in [-0.05, 0) is 56.3 Å². The number of primary amides is 1. The van der Waals surface area contributed by atoms with Crippen LogP contribution in [0.3, 0.4) is 0 Å². The van der Waals surface area contributed by atoms with Crippen LogP contribution in [0.25, 0.3) is 0 Å². The van der Waals surface area contributed by atoms with Gasteiger partial charge in [-0.2, -0.15) is 0 Å². The van der Waals surface area contributed by atoms with Crippen molar-refractivity contribution >= 4 is 5.91 Å². The fourth-order valence-electron chi connectivity index (χ4n) is 3.38. The Labute approximate surface area is 156 Å². The molecule has 1 unspecified atom stereocenters. The number of nitrogens with zero attached hydrogens (tertiary/aromatic N) is 2. The SMILES string of the molecule is CC1=C(/C=C/C(C)=C/C=C/C(C)=C\C(N)=O)[C@H](C)CCC1n1ccnc1. The number of hydrogen-bond acceptors (Lipinski definition) is 2. The maximum absolute atomic E-state index is 10.8. The molecule has 1 aliphatic rings. The zero-order chi connectivity index (χ0) is 19.1. The Morgan fingerprint density at radius 3 is 2.69 bits per heavy atom. The van der Waals surface area contributed by atoms with Crippen molar-refractivity contribution in [2.24, 2.45) is 11.7 Å². The molecular weight excluding hydrogens is 322 g/mol. The Morgan fingerprint density at radius 2 is 2.04 bits per heavy atom. The van der Waals surface area contributed by atoms with Gasteiger partial charge < -0.3 is 10.3 Å².